The smallest absolute Gasteiger partial charge is 0.234 e. The highest BCUT2D eigenvalue weighted by Crippen LogP contribution is 2.30. The predicted octanol–water partition coefficient (Wildman–Crippen LogP) is 4.53. The van der Waals surface area contributed by atoms with Gasteiger partial charge in [-0.05, 0) is 30.3 Å². The van der Waals surface area contributed by atoms with E-state index in [0.29, 0.717) is 32.5 Å². The molecule has 0 atom stereocenters. The van der Waals surface area contributed by atoms with Crippen LogP contribution in [0.1, 0.15) is 0 Å². The average Bonchev–Trinajstić information content (AvgIpc) is 3.01. The molecular weight excluding hydrogens is 407 g/mol. The number of hydrogen-bond acceptors (Lipinski definition) is 5. The van der Waals surface area contributed by atoms with Gasteiger partial charge in [-0.15, -0.1) is 10.2 Å². The van der Waals surface area contributed by atoms with Gasteiger partial charge in [-0.2, -0.15) is 0 Å². The Balaban J connectivity index is 1.66. The Morgan fingerprint density at radius 2 is 2.04 bits per heavy atom. The number of ether oxygens (including phenoxy) is 1. The van der Waals surface area contributed by atoms with Gasteiger partial charge in [-0.3, -0.25) is 4.79 Å². The van der Waals surface area contributed by atoms with Crippen molar-refractivity contribution in [1.82, 2.24) is 14.8 Å². The lowest BCUT2D eigenvalue weighted by molar-refractivity contribution is -0.113. The molecular formula is C18H16Cl2N4O2S. The van der Waals surface area contributed by atoms with Crippen LogP contribution in [-0.2, 0) is 11.8 Å². The summed E-state index contributed by atoms with van der Waals surface area (Å²) in [4.78, 5) is 12.2. The summed E-state index contributed by atoms with van der Waals surface area (Å²) < 4.78 is 6.94. The number of amides is 1. The number of rotatable bonds is 6. The Morgan fingerprint density at radius 3 is 2.78 bits per heavy atom. The number of carbonyl (C=O) groups excluding carboxylic acids is 1. The molecule has 0 aliphatic rings. The molecule has 1 aromatic heterocycles. The summed E-state index contributed by atoms with van der Waals surface area (Å²) in [7, 11) is 3.40. The van der Waals surface area contributed by atoms with E-state index in [9.17, 15) is 4.79 Å². The highest BCUT2D eigenvalue weighted by atomic mass is 35.5. The molecule has 2 aromatic carbocycles. The summed E-state index contributed by atoms with van der Waals surface area (Å²) in [5.74, 6) is 1.32. The summed E-state index contributed by atoms with van der Waals surface area (Å²) in [5, 5.41) is 12.8. The number of hydrogen-bond donors (Lipinski definition) is 1. The fourth-order valence-corrected chi connectivity index (χ4v) is 3.58. The molecule has 1 N–H and O–H groups in total. The number of halogens is 2. The fourth-order valence-electron chi connectivity index (χ4n) is 2.37. The summed E-state index contributed by atoms with van der Waals surface area (Å²) in [5.41, 5.74) is 1.40. The molecule has 9 heteroatoms. The Morgan fingerprint density at radius 1 is 1.22 bits per heavy atom. The van der Waals surface area contributed by atoms with Crippen LogP contribution in [0.5, 0.6) is 5.75 Å². The predicted molar refractivity (Wildman–Crippen MR) is 109 cm³/mol. The zero-order chi connectivity index (χ0) is 19.4. The Hall–Kier alpha value is -2.22. The summed E-state index contributed by atoms with van der Waals surface area (Å²) >= 11 is 13.5. The minimum Gasteiger partial charge on any atom is -0.497 e. The number of carbonyl (C=O) groups is 1. The van der Waals surface area contributed by atoms with Crippen molar-refractivity contribution < 1.29 is 9.53 Å². The van der Waals surface area contributed by atoms with Crippen LogP contribution in [0.25, 0.3) is 11.4 Å². The molecule has 27 heavy (non-hydrogen) atoms. The van der Waals surface area contributed by atoms with E-state index < -0.39 is 0 Å². The molecule has 3 aromatic rings. The van der Waals surface area contributed by atoms with E-state index in [1.807, 2.05) is 19.2 Å². The molecule has 0 aliphatic heterocycles. The van der Waals surface area contributed by atoms with Crippen molar-refractivity contribution in [2.75, 3.05) is 18.2 Å². The molecule has 6 nitrogen and oxygen atoms in total. The minimum absolute atomic E-state index is 0.151. The maximum Gasteiger partial charge on any atom is 0.234 e. The third kappa shape index (κ3) is 4.74. The first kappa shape index (κ1) is 19.5. The highest BCUT2D eigenvalue weighted by molar-refractivity contribution is 7.99. The topological polar surface area (TPSA) is 69.0 Å². The van der Waals surface area contributed by atoms with Gasteiger partial charge in [0.25, 0.3) is 0 Å². The van der Waals surface area contributed by atoms with Crippen LogP contribution in [0, 0.1) is 0 Å². The van der Waals surface area contributed by atoms with E-state index in [0.717, 1.165) is 5.56 Å². The zero-order valence-electron chi connectivity index (χ0n) is 14.6. The normalized spacial score (nSPS) is 10.7. The highest BCUT2D eigenvalue weighted by Gasteiger charge is 2.15. The van der Waals surface area contributed by atoms with Gasteiger partial charge in [0, 0.05) is 29.4 Å². The van der Waals surface area contributed by atoms with Crippen LogP contribution in [-0.4, -0.2) is 33.5 Å². The van der Waals surface area contributed by atoms with Crippen LogP contribution in [0.2, 0.25) is 10.0 Å². The molecule has 1 heterocycles. The van der Waals surface area contributed by atoms with Crippen LogP contribution in [0.4, 0.5) is 5.69 Å². The maximum absolute atomic E-state index is 12.2. The first-order valence-electron chi connectivity index (χ1n) is 7.89. The monoisotopic (exact) mass is 422 g/mol. The van der Waals surface area contributed by atoms with Gasteiger partial charge in [-0.1, -0.05) is 41.0 Å². The second kappa shape index (κ2) is 8.65. The SMILES string of the molecule is COc1cccc(NC(=O)CSc2nnc(-c3ccc(Cl)cc3Cl)n2C)c1. The number of methoxy groups -OCH3 is 1. The van der Waals surface area contributed by atoms with E-state index in [2.05, 4.69) is 15.5 Å². The van der Waals surface area contributed by atoms with Crippen LogP contribution in [0.3, 0.4) is 0 Å². The second-order valence-corrected chi connectivity index (χ2v) is 7.34. The minimum atomic E-state index is -0.151. The Labute approximate surface area is 170 Å². The fraction of sp³-hybridized carbons (Fsp3) is 0.167. The van der Waals surface area contributed by atoms with E-state index in [4.69, 9.17) is 27.9 Å². The number of nitrogens with zero attached hydrogens (tertiary/aromatic N) is 3. The van der Waals surface area contributed by atoms with Crippen molar-refractivity contribution in [3.63, 3.8) is 0 Å². The third-order valence-corrected chi connectivity index (χ3v) is 5.26. The van der Waals surface area contributed by atoms with Crippen molar-refractivity contribution in [3.05, 3.63) is 52.5 Å². The number of thioether (sulfide) groups is 1. The lowest BCUT2D eigenvalue weighted by Gasteiger charge is -2.07. The first-order chi connectivity index (χ1) is 13.0. The number of aromatic nitrogens is 3. The average molecular weight is 423 g/mol. The molecule has 1 amide bonds. The summed E-state index contributed by atoms with van der Waals surface area (Å²) in [6.45, 7) is 0. The molecule has 0 spiro atoms. The van der Waals surface area contributed by atoms with Crippen molar-refractivity contribution in [2.45, 2.75) is 5.16 Å². The molecule has 0 saturated heterocycles. The van der Waals surface area contributed by atoms with Crippen molar-refractivity contribution in [3.8, 4) is 17.1 Å². The number of anilines is 1. The first-order valence-corrected chi connectivity index (χ1v) is 9.63. The van der Waals surface area contributed by atoms with Crippen molar-refractivity contribution in [1.29, 1.82) is 0 Å². The van der Waals surface area contributed by atoms with E-state index in [1.165, 1.54) is 11.8 Å². The number of benzene rings is 2. The standard InChI is InChI=1S/C18H16Cl2N4O2S/c1-24-17(14-7-6-11(19)8-15(14)20)22-23-18(24)27-10-16(25)21-12-4-3-5-13(9-12)26-2/h3-9H,10H2,1-2H3,(H,21,25). The summed E-state index contributed by atoms with van der Waals surface area (Å²) in [6.07, 6.45) is 0. The van der Waals surface area contributed by atoms with Gasteiger partial charge in [0.15, 0.2) is 11.0 Å². The zero-order valence-corrected chi connectivity index (χ0v) is 16.9. The molecule has 3 rings (SSSR count). The van der Waals surface area contributed by atoms with Gasteiger partial charge >= 0.3 is 0 Å². The number of nitrogens with one attached hydrogen (secondary N) is 1. The largest absolute Gasteiger partial charge is 0.497 e. The van der Waals surface area contributed by atoms with Crippen molar-refractivity contribution >= 4 is 46.6 Å². The molecule has 0 bridgehead atoms. The molecule has 0 fully saturated rings. The lowest BCUT2D eigenvalue weighted by Crippen LogP contribution is -2.14. The van der Waals surface area contributed by atoms with E-state index in [-0.39, 0.29) is 11.7 Å². The molecule has 0 radical (unpaired) electrons. The van der Waals surface area contributed by atoms with Crippen LogP contribution < -0.4 is 10.1 Å². The Kier molecular flexibility index (Phi) is 6.26. The molecule has 0 aliphatic carbocycles. The molecule has 0 saturated carbocycles. The van der Waals surface area contributed by atoms with E-state index in [1.54, 1.807) is 42.0 Å². The van der Waals surface area contributed by atoms with Crippen LogP contribution in [0.15, 0.2) is 47.6 Å². The van der Waals surface area contributed by atoms with Gasteiger partial charge in [0.05, 0.1) is 17.9 Å². The lowest BCUT2D eigenvalue weighted by atomic mass is 10.2. The quantitative estimate of drug-likeness (QED) is 0.590. The van der Waals surface area contributed by atoms with Gasteiger partial charge in [0.1, 0.15) is 5.75 Å². The second-order valence-electron chi connectivity index (χ2n) is 5.56. The van der Waals surface area contributed by atoms with Gasteiger partial charge in [-0.25, -0.2) is 0 Å². The van der Waals surface area contributed by atoms with Crippen LogP contribution >= 0.6 is 35.0 Å². The van der Waals surface area contributed by atoms with Crippen molar-refractivity contribution in [2.24, 2.45) is 7.05 Å². The summed E-state index contributed by atoms with van der Waals surface area (Å²) in [6, 6.07) is 12.4. The van der Waals surface area contributed by atoms with E-state index >= 15 is 0 Å². The van der Waals surface area contributed by atoms with Gasteiger partial charge < -0.3 is 14.6 Å². The molecule has 0 unspecified atom stereocenters. The Bertz CT molecular complexity index is 978. The third-order valence-electron chi connectivity index (χ3n) is 3.69. The van der Waals surface area contributed by atoms with Gasteiger partial charge in [0.2, 0.25) is 5.91 Å². The molecule has 140 valence electrons. The maximum atomic E-state index is 12.2.